The molecule has 0 fully saturated rings. The van der Waals surface area contributed by atoms with Crippen LogP contribution in [-0.4, -0.2) is 30.1 Å². The number of carboxylic acids is 1. The van der Waals surface area contributed by atoms with Gasteiger partial charge in [0.05, 0.1) is 17.8 Å². The van der Waals surface area contributed by atoms with Crippen LogP contribution < -0.4 is 10.6 Å². The van der Waals surface area contributed by atoms with E-state index in [1.165, 1.54) is 17.0 Å². The minimum absolute atomic E-state index is 0.110. The van der Waals surface area contributed by atoms with E-state index in [-0.39, 0.29) is 23.7 Å². The molecule has 6 heteroatoms. The van der Waals surface area contributed by atoms with E-state index in [0.29, 0.717) is 6.54 Å². The Hall–Kier alpha value is -2.11. The van der Waals surface area contributed by atoms with E-state index in [0.717, 1.165) is 6.07 Å². The average Bonchev–Trinajstić information content (AvgIpc) is 2.26. The zero-order valence-corrected chi connectivity index (χ0v) is 10.9. The van der Waals surface area contributed by atoms with Crippen LogP contribution >= 0.6 is 0 Å². The molecule has 0 spiro atoms. The van der Waals surface area contributed by atoms with E-state index in [9.17, 15) is 14.0 Å². The summed E-state index contributed by atoms with van der Waals surface area (Å²) >= 11 is 0. The molecule has 0 atom stereocenters. The third-order valence-corrected chi connectivity index (χ3v) is 2.47. The Balaban J connectivity index is 3.07. The minimum atomic E-state index is -1.20. The second-order valence-corrected chi connectivity index (χ2v) is 4.71. The van der Waals surface area contributed by atoms with Crippen molar-refractivity contribution in [1.29, 1.82) is 0 Å². The van der Waals surface area contributed by atoms with Gasteiger partial charge in [-0.05, 0) is 24.1 Å². The number of carbonyl (C=O) groups excluding carboxylic acids is 1. The summed E-state index contributed by atoms with van der Waals surface area (Å²) in [6, 6.07) is 3.59. The molecule has 0 bridgehead atoms. The van der Waals surface area contributed by atoms with Gasteiger partial charge in [0.1, 0.15) is 5.82 Å². The first-order chi connectivity index (χ1) is 8.81. The monoisotopic (exact) mass is 268 g/mol. The lowest BCUT2D eigenvalue weighted by Gasteiger charge is -2.25. The number of benzene rings is 1. The fraction of sp³-hybridized carbons (Fsp3) is 0.385. The highest BCUT2D eigenvalue weighted by Crippen LogP contribution is 2.21. The largest absolute Gasteiger partial charge is 0.478 e. The molecule has 0 aliphatic carbocycles. The molecule has 0 heterocycles. The minimum Gasteiger partial charge on any atom is -0.478 e. The van der Waals surface area contributed by atoms with Crippen LogP contribution in [0.5, 0.6) is 0 Å². The number of halogens is 1. The van der Waals surface area contributed by atoms with Crippen molar-refractivity contribution in [2.24, 2.45) is 11.7 Å². The van der Waals surface area contributed by atoms with Crippen LogP contribution in [0.4, 0.5) is 10.1 Å². The molecule has 0 unspecified atom stereocenters. The van der Waals surface area contributed by atoms with Crippen molar-refractivity contribution >= 4 is 17.6 Å². The number of hydrogen-bond acceptors (Lipinski definition) is 3. The number of rotatable bonds is 6. The van der Waals surface area contributed by atoms with E-state index in [1.54, 1.807) is 0 Å². The smallest absolute Gasteiger partial charge is 0.335 e. The van der Waals surface area contributed by atoms with E-state index in [4.69, 9.17) is 10.8 Å². The van der Waals surface area contributed by atoms with Gasteiger partial charge in [-0.2, -0.15) is 0 Å². The summed E-state index contributed by atoms with van der Waals surface area (Å²) in [6.07, 6.45) is 0. The number of anilines is 1. The van der Waals surface area contributed by atoms with Gasteiger partial charge in [0, 0.05) is 6.54 Å². The van der Waals surface area contributed by atoms with Crippen LogP contribution in [-0.2, 0) is 4.79 Å². The Morgan fingerprint density at radius 3 is 2.47 bits per heavy atom. The molecule has 0 radical (unpaired) electrons. The topological polar surface area (TPSA) is 83.6 Å². The lowest BCUT2D eigenvalue weighted by Crippen LogP contribution is -2.36. The summed E-state index contributed by atoms with van der Waals surface area (Å²) in [5.74, 6) is -2.24. The fourth-order valence-electron chi connectivity index (χ4n) is 1.77. The summed E-state index contributed by atoms with van der Waals surface area (Å²) < 4.78 is 13.9. The number of hydrogen-bond donors (Lipinski definition) is 2. The Morgan fingerprint density at radius 1 is 1.42 bits per heavy atom. The second-order valence-electron chi connectivity index (χ2n) is 4.71. The van der Waals surface area contributed by atoms with Gasteiger partial charge in [-0.3, -0.25) is 4.79 Å². The summed E-state index contributed by atoms with van der Waals surface area (Å²) in [7, 11) is 0. The first-order valence-corrected chi connectivity index (χ1v) is 5.87. The number of aromatic carboxylic acids is 1. The maximum atomic E-state index is 13.9. The lowest BCUT2D eigenvalue weighted by molar-refractivity contribution is -0.116. The van der Waals surface area contributed by atoms with E-state index < -0.39 is 17.7 Å². The van der Waals surface area contributed by atoms with E-state index >= 15 is 0 Å². The van der Waals surface area contributed by atoms with Crippen LogP contribution in [0.2, 0.25) is 0 Å². The average molecular weight is 268 g/mol. The third kappa shape index (κ3) is 4.24. The molecule has 5 nitrogen and oxygen atoms in total. The van der Waals surface area contributed by atoms with Gasteiger partial charge in [-0.15, -0.1) is 0 Å². The summed E-state index contributed by atoms with van der Waals surface area (Å²) in [6.45, 7) is 4.20. The Labute approximate surface area is 110 Å². The van der Waals surface area contributed by atoms with Gasteiger partial charge >= 0.3 is 5.97 Å². The van der Waals surface area contributed by atoms with Crippen molar-refractivity contribution in [3.8, 4) is 0 Å². The Morgan fingerprint density at radius 2 is 2.05 bits per heavy atom. The standard InChI is InChI=1S/C13H17FN2O3/c1-8(2)6-16(7-12(15)17)11-4-3-9(13(18)19)5-10(11)14/h3-5,8H,6-7H2,1-2H3,(H2,15,17)(H,18,19). The molecule has 0 aromatic heterocycles. The van der Waals surface area contributed by atoms with Crippen molar-refractivity contribution in [2.75, 3.05) is 18.0 Å². The molecule has 0 saturated carbocycles. The molecular formula is C13H17FN2O3. The highest BCUT2D eigenvalue weighted by molar-refractivity contribution is 5.88. The van der Waals surface area contributed by atoms with Crippen molar-refractivity contribution in [1.82, 2.24) is 0 Å². The quantitative estimate of drug-likeness (QED) is 0.818. The SMILES string of the molecule is CC(C)CN(CC(N)=O)c1ccc(C(=O)O)cc1F. The Bertz CT molecular complexity index is 489. The maximum Gasteiger partial charge on any atom is 0.335 e. The van der Waals surface area contributed by atoms with Crippen LogP contribution in [0.3, 0.4) is 0 Å². The van der Waals surface area contributed by atoms with E-state index in [1.807, 2.05) is 13.8 Å². The highest BCUT2D eigenvalue weighted by Gasteiger charge is 2.16. The van der Waals surface area contributed by atoms with Gasteiger partial charge in [0.2, 0.25) is 5.91 Å². The number of nitrogens with two attached hydrogens (primary N) is 1. The predicted molar refractivity (Wildman–Crippen MR) is 69.6 cm³/mol. The van der Waals surface area contributed by atoms with Crippen LogP contribution in [0.15, 0.2) is 18.2 Å². The number of primary amides is 1. The van der Waals surface area contributed by atoms with Gasteiger partial charge in [-0.25, -0.2) is 9.18 Å². The molecule has 1 rings (SSSR count). The van der Waals surface area contributed by atoms with Crippen molar-refractivity contribution in [2.45, 2.75) is 13.8 Å². The summed E-state index contributed by atoms with van der Waals surface area (Å²) in [5.41, 5.74) is 5.18. The van der Waals surface area contributed by atoms with Crippen LogP contribution in [0.25, 0.3) is 0 Å². The number of amides is 1. The maximum absolute atomic E-state index is 13.9. The van der Waals surface area contributed by atoms with Gasteiger partial charge in [-0.1, -0.05) is 13.8 Å². The molecule has 1 aromatic carbocycles. The van der Waals surface area contributed by atoms with Crippen molar-refractivity contribution < 1.29 is 19.1 Å². The first kappa shape index (κ1) is 14.9. The molecule has 3 N–H and O–H groups in total. The van der Waals surface area contributed by atoms with Gasteiger partial charge in [0.25, 0.3) is 0 Å². The molecule has 1 aromatic rings. The normalized spacial score (nSPS) is 10.5. The third-order valence-electron chi connectivity index (χ3n) is 2.47. The predicted octanol–water partition coefficient (Wildman–Crippen LogP) is 1.47. The fourth-order valence-corrected chi connectivity index (χ4v) is 1.77. The molecule has 19 heavy (non-hydrogen) atoms. The zero-order chi connectivity index (χ0) is 14.6. The molecular weight excluding hydrogens is 251 g/mol. The van der Waals surface area contributed by atoms with Gasteiger partial charge < -0.3 is 15.7 Å². The molecule has 0 saturated heterocycles. The van der Waals surface area contributed by atoms with Crippen molar-refractivity contribution in [3.63, 3.8) is 0 Å². The number of carbonyl (C=O) groups is 2. The summed E-state index contributed by atoms with van der Waals surface area (Å²) in [4.78, 5) is 23.3. The van der Waals surface area contributed by atoms with Crippen LogP contribution in [0.1, 0.15) is 24.2 Å². The molecule has 104 valence electrons. The first-order valence-electron chi connectivity index (χ1n) is 5.87. The zero-order valence-electron chi connectivity index (χ0n) is 10.9. The number of nitrogens with zero attached hydrogens (tertiary/aromatic N) is 1. The van der Waals surface area contributed by atoms with Gasteiger partial charge in [0.15, 0.2) is 0 Å². The van der Waals surface area contributed by atoms with Crippen molar-refractivity contribution in [3.05, 3.63) is 29.6 Å². The molecule has 0 aliphatic heterocycles. The van der Waals surface area contributed by atoms with Crippen LogP contribution in [0, 0.1) is 11.7 Å². The Kier molecular flexibility index (Phi) is 4.86. The van der Waals surface area contributed by atoms with E-state index in [2.05, 4.69) is 0 Å². The molecule has 0 aliphatic rings. The lowest BCUT2D eigenvalue weighted by atomic mass is 10.1. The second kappa shape index (κ2) is 6.17. The highest BCUT2D eigenvalue weighted by atomic mass is 19.1. The number of carboxylic acid groups (broad SMARTS) is 1. The summed E-state index contributed by atoms with van der Waals surface area (Å²) in [5, 5.41) is 8.78. The molecule has 1 amide bonds.